The normalized spacial score (nSPS) is 15.3. The summed E-state index contributed by atoms with van der Waals surface area (Å²) >= 11 is 1.45. The van der Waals surface area contributed by atoms with Gasteiger partial charge in [-0.3, -0.25) is 5.32 Å². The van der Waals surface area contributed by atoms with Gasteiger partial charge in [0, 0.05) is 17.8 Å². The predicted molar refractivity (Wildman–Crippen MR) is 87.1 cm³/mol. The maximum atomic E-state index is 11.8. The zero-order valence-electron chi connectivity index (χ0n) is 12.2. The minimum Gasteiger partial charge on any atom is -0.388 e. The second kappa shape index (κ2) is 6.89. The van der Waals surface area contributed by atoms with Crippen LogP contribution in [0.3, 0.4) is 0 Å². The Labute approximate surface area is 133 Å². The molecule has 3 N–H and O–H groups in total. The van der Waals surface area contributed by atoms with Gasteiger partial charge in [-0.05, 0) is 24.8 Å². The lowest BCUT2D eigenvalue weighted by Gasteiger charge is -2.11. The quantitative estimate of drug-likeness (QED) is 0.765. The average molecular weight is 317 g/mol. The molecule has 1 saturated carbocycles. The highest BCUT2D eigenvalue weighted by Crippen LogP contribution is 2.40. The van der Waals surface area contributed by atoms with Crippen LogP contribution in [0, 0.1) is 0 Å². The van der Waals surface area contributed by atoms with E-state index in [-0.39, 0.29) is 6.03 Å². The maximum absolute atomic E-state index is 11.8. The molecule has 0 bridgehead atoms. The first-order valence-corrected chi connectivity index (χ1v) is 8.33. The van der Waals surface area contributed by atoms with Crippen LogP contribution in [0.2, 0.25) is 0 Å². The first kappa shape index (κ1) is 15.0. The number of thiazole rings is 1. The number of aromatic nitrogens is 1. The number of rotatable bonds is 6. The van der Waals surface area contributed by atoms with Crippen molar-refractivity contribution in [2.75, 3.05) is 11.9 Å². The highest BCUT2D eigenvalue weighted by molar-refractivity contribution is 7.13. The molecule has 1 unspecified atom stereocenters. The van der Waals surface area contributed by atoms with E-state index in [1.165, 1.54) is 24.2 Å². The number of anilines is 1. The van der Waals surface area contributed by atoms with Crippen molar-refractivity contribution in [2.45, 2.75) is 31.3 Å². The van der Waals surface area contributed by atoms with E-state index in [1.807, 2.05) is 35.7 Å². The van der Waals surface area contributed by atoms with E-state index in [4.69, 9.17) is 0 Å². The molecule has 1 aliphatic rings. The van der Waals surface area contributed by atoms with Crippen LogP contribution in [0.4, 0.5) is 9.93 Å². The van der Waals surface area contributed by atoms with E-state index in [1.54, 1.807) is 0 Å². The molecule has 0 aliphatic heterocycles. The van der Waals surface area contributed by atoms with Gasteiger partial charge in [0.1, 0.15) is 0 Å². The maximum Gasteiger partial charge on any atom is 0.321 e. The third-order valence-corrected chi connectivity index (χ3v) is 4.40. The van der Waals surface area contributed by atoms with Gasteiger partial charge in [0.15, 0.2) is 5.13 Å². The molecule has 2 aromatic rings. The van der Waals surface area contributed by atoms with Crippen LogP contribution in [0.25, 0.3) is 0 Å². The summed E-state index contributed by atoms with van der Waals surface area (Å²) in [5, 5.41) is 18.1. The fourth-order valence-corrected chi connectivity index (χ4v) is 3.00. The first-order valence-electron chi connectivity index (χ1n) is 7.45. The summed E-state index contributed by atoms with van der Waals surface area (Å²) in [4.78, 5) is 16.2. The van der Waals surface area contributed by atoms with Crippen molar-refractivity contribution in [3.8, 4) is 0 Å². The SMILES string of the molecule is O=C(NCCC(O)c1ccccc1)Nc1nc(C2CC2)cs1. The molecule has 1 fully saturated rings. The molecule has 1 atom stereocenters. The predicted octanol–water partition coefficient (Wildman–Crippen LogP) is 3.27. The number of urea groups is 1. The molecule has 1 aromatic heterocycles. The Balaban J connectivity index is 1.40. The van der Waals surface area contributed by atoms with Crippen LogP contribution in [-0.2, 0) is 0 Å². The second-order valence-corrected chi connectivity index (χ2v) is 6.31. The summed E-state index contributed by atoms with van der Waals surface area (Å²) < 4.78 is 0. The number of carbonyl (C=O) groups is 1. The number of nitrogens with one attached hydrogen (secondary N) is 2. The molecule has 5 nitrogen and oxygen atoms in total. The van der Waals surface area contributed by atoms with Crippen LogP contribution in [0.1, 0.15) is 42.5 Å². The number of aliphatic hydroxyl groups excluding tert-OH is 1. The summed E-state index contributed by atoms with van der Waals surface area (Å²) in [5.74, 6) is 0.593. The van der Waals surface area contributed by atoms with Gasteiger partial charge in [0.25, 0.3) is 0 Å². The summed E-state index contributed by atoms with van der Waals surface area (Å²) in [6.07, 6.45) is 2.31. The molecule has 0 saturated heterocycles. The van der Waals surface area contributed by atoms with Crippen molar-refractivity contribution >= 4 is 22.5 Å². The second-order valence-electron chi connectivity index (χ2n) is 5.45. The van der Waals surface area contributed by atoms with Gasteiger partial charge in [-0.25, -0.2) is 9.78 Å². The van der Waals surface area contributed by atoms with Crippen molar-refractivity contribution in [2.24, 2.45) is 0 Å². The number of benzene rings is 1. The summed E-state index contributed by atoms with van der Waals surface area (Å²) in [6.45, 7) is 0.406. The molecular formula is C16H19N3O2S. The number of carbonyl (C=O) groups excluding carboxylic acids is 1. The Hall–Kier alpha value is -1.92. The van der Waals surface area contributed by atoms with Crippen molar-refractivity contribution < 1.29 is 9.90 Å². The Morgan fingerprint density at radius 1 is 1.36 bits per heavy atom. The van der Waals surface area contributed by atoms with Crippen LogP contribution in [-0.4, -0.2) is 22.7 Å². The highest BCUT2D eigenvalue weighted by atomic mass is 32.1. The molecule has 1 aliphatic carbocycles. The Kier molecular flexibility index (Phi) is 4.70. The lowest BCUT2D eigenvalue weighted by molar-refractivity contribution is 0.167. The topological polar surface area (TPSA) is 74.2 Å². The summed E-state index contributed by atoms with van der Waals surface area (Å²) in [6, 6.07) is 9.15. The molecule has 3 rings (SSSR count). The highest BCUT2D eigenvalue weighted by Gasteiger charge is 2.26. The molecule has 2 amide bonds. The number of aliphatic hydroxyl groups is 1. The molecule has 116 valence electrons. The van der Waals surface area contributed by atoms with Gasteiger partial charge in [-0.2, -0.15) is 0 Å². The van der Waals surface area contributed by atoms with Crippen molar-refractivity contribution in [1.82, 2.24) is 10.3 Å². The number of amides is 2. The lowest BCUT2D eigenvalue weighted by Crippen LogP contribution is -2.30. The Morgan fingerprint density at radius 3 is 2.86 bits per heavy atom. The zero-order valence-corrected chi connectivity index (χ0v) is 13.0. The van der Waals surface area contributed by atoms with Gasteiger partial charge in [0.05, 0.1) is 11.8 Å². The van der Waals surface area contributed by atoms with Crippen molar-refractivity contribution in [3.05, 3.63) is 47.0 Å². The van der Waals surface area contributed by atoms with Gasteiger partial charge >= 0.3 is 6.03 Å². The van der Waals surface area contributed by atoms with Crippen LogP contribution in [0.5, 0.6) is 0 Å². The number of hydrogen-bond donors (Lipinski definition) is 3. The van der Waals surface area contributed by atoms with E-state index in [9.17, 15) is 9.90 Å². The minimum atomic E-state index is -0.567. The number of hydrogen-bond acceptors (Lipinski definition) is 4. The van der Waals surface area contributed by atoms with E-state index < -0.39 is 6.10 Å². The van der Waals surface area contributed by atoms with Gasteiger partial charge in [-0.1, -0.05) is 30.3 Å². The molecule has 1 heterocycles. The molecule has 0 radical (unpaired) electrons. The van der Waals surface area contributed by atoms with E-state index >= 15 is 0 Å². The van der Waals surface area contributed by atoms with Crippen LogP contribution in [0.15, 0.2) is 35.7 Å². The standard InChI is InChI=1S/C16H19N3O2S/c20-14(12-4-2-1-3-5-12)8-9-17-15(21)19-16-18-13(10-22-16)11-6-7-11/h1-5,10-11,14,20H,6-9H2,(H2,17,18,19,21). The smallest absolute Gasteiger partial charge is 0.321 e. The van der Waals surface area contributed by atoms with Crippen molar-refractivity contribution in [3.63, 3.8) is 0 Å². The van der Waals surface area contributed by atoms with Crippen molar-refractivity contribution in [1.29, 1.82) is 0 Å². The molecule has 22 heavy (non-hydrogen) atoms. The van der Waals surface area contributed by atoms with E-state index in [0.29, 0.717) is 24.0 Å². The Morgan fingerprint density at radius 2 is 2.14 bits per heavy atom. The van der Waals surface area contributed by atoms with Gasteiger partial charge in [0.2, 0.25) is 0 Å². The molecule has 6 heteroatoms. The third kappa shape index (κ3) is 4.05. The van der Waals surface area contributed by atoms with E-state index in [0.717, 1.165) is 11.3 Å². The molecular weight excluding hydrogens is 298 g/mol. The fraction of sp³-hybridized carbons (Fsp3) is 0.375. The van der Waals surface area contributed by atoms with E-state index in [2.05, 4.69) is 15.6 Å². The third-order valence-electron chi connectivity index (χ3n) is 3.63. The number of nitrogens with zero attached hydrogens (tertiary/aromatic N) is 1. The minimum absolute atomic E-state index is 0.281. The van der Waals surface area contributed by atoms with Gasteiger partial charge in [-0.15, -0.1) is 11.3 Å². The Bertz CT molecular complexity index is 625. The summed E-state index contributed by atoms with van der Waals surface area (Å²) in [5.41, 5.74) is 1.94. The summed E-state index contributed by atoms with van der Waals surface area (Å²) in [7, 11) is 0. The van der Waals surface area contributed by atoms with Gasteiger partial charge < -0.3 is 10.4 Å². The lowest BCUT2D eigenvalue weighted by atomic mass is 10.1. The molecule has 1 aromatic carbocycles. The molecule has 0 spiro atoms. The average Bonchev–Trinajstić information content (AvgIpc) is 3.28. The monoisotopic (exact) mass is 317 g/mol. The largest absolute Gasteiger partial charge is 0.388 e. The van der Waals surface area contributed by atoms with Crippen LogP contribution < -0.4 is 10.6 Å². The zero-order chi connectivity index (χ0) is 15.4. The van der Waals surface area contributed by atoms with Crippen LogP contribution >= 0.6 is 11.3 Å². The first-order chi connectivity index (χ1) is 10.7. The fourth-order valence-electron chi connectivity index (χ4n) is 2.22.